The third kappa shape index (κ3) is 5.98. The lowest BCUT2D eigenvalue weighted by molar-refractivity contribution is -0.140. The van der Waals surface area contributed by atoms with Crippen molar-refractivity contribution in [3.63, 3.8) is 0 Å². The van der Waals surface area contributed by atoms with E-state index in [4.69, 9.17) is 10.5 Å². The van der Waals surface area contributed by atoms with E-state index in [0.29, 0.717) is 18.5 Å². The largest absolute Gasteiger partial charge is 0.465 e. The highest BCUT2D eigenvalue weighted by Crippen LogP contribution is 2.49. The van der Waals surface area contributed by atoms with Gasteiger partial charge in [0.15, 0.2) is 9.84 Å². The Morgan fingerprint density at radius 2 is 1.79 bits per heavy atom. The number of nitrogens with zero attached hydrogens (tertiary/aromatic N) is 1. The molecule has 1 spiro atoms. The van der Waals surface area contributed by atoms with Crippen LogP contribution < -0.4 is 16.4 Å². The fourth-order valence-corrected chi connectivity index (χ4v) is 8.23. The number of aromatic nitrogens is 1. The molecular formula is C31H39N5O6S. The Kier molecular flexibility index (Phi) is 8.28. The van der Waals surface area contributed by atoms with E-state index in [-0.39, 0.29) is 32.0 Å². The van der Waals surface area contributed by atoms with Crippen molar-refractivity contribution in [1.29, 1.82) is 0 Å². The van der Waals surface area contributed by atoms with Crippen LogP contribution in [0.1, 0.15) is 44.7 Å². The summed E-state index contributed by atoms with van der Waals surface area (Å²) in [6.45, 7) is 5.43. The van der Waals surface area contributed by atoms with Gasteiger partial charge in [-0.15, -0.1) is 0 Å². The van der Waals surface area contributed by atoms with Crippen molar-refractivity contribution in [3.8, 4) is 0 Å². The minimum absolute atomic E-state index is 0.0898. The molecule has 0 saturated carbocycles. The molecule has 2 aliphatic rings. The highest BCUT2D eigenvalue weighted by molar-refractivity contribution is 7.92. The summed E-state index contributed by atoms with van der Waals surface area (Å²) < 4.78 is 32.1. The Morgan fingerprint density at radius 1 is 1.12 bits per heavy atom. The SMILES string of the molecule is CCOC(=O)CS(=O)(=O)C1Nc2ccccc2C12CCN(C(=O)[C@@H](Cc1c[nH]c3ccccc13)NC(=O)C(C)(C)N)CC2. The molecule has 1 aromatic heterocycles. The molecule has 2 aliphatic heterocycles. The lowest BCUT2D eigenvalue weighted by atomic mass is 9.74. The molecule has 0 radical (unpaired) electrons. The van der Waals surface area contributed by atoms with Crippen LogP contribution in [0.2, 0.25) is 0 Å². The minimum atomic E-state index is -3.96. The third-order valence-corrected chi connectivity index (χ3v) is 10.4. The molecule has 3 heterocycles. The van der Waals surface area contributed by atoms with Gasteiger partial charge in [-0.25, -0.2) is 8.42 Å². The zero-order valence-corrected chi connectivity index (χ0v) is 25.5. The average molecular weight is 610 g/mol. The first kappa shape index (κ1) is 30.6. The van der Waals surface area contributed by atoms with Crippen molar-refractivity contribution in [1.82, 2.24) is 15.2 Å². The quantitative estimate of drug-likeness (QED) is 0.268. The number of rotatable bonds is 9. The number of fused-ring (bicyclic) bond motifs is 3. The number of aromatic amines is 1. The van der Waals surface area contributed by atoms with Crippen LogP contribution in [-0.2, 0) is 40.8 Å². The lowest BCUT2D eigenvalue weighted by Gasteiger charge is -2.43. The second-order valence-corrected chi connectivity index (χ2v) is 14.1. The summed E-state index contributed by atoms with van der Waals surface area (Å²) in [5, 5.41) is 5.95. The maximum Gasteiger partial charge on any atom is 0.321 e. The number of likely N-dealkylation sites (tertiary alicyclic amines) is 1. The predicted molar refractivity (Wildman–Crippen MR) is 164 cm³/mol. The van der Waals surface area contributed by atoms with Crippen molar-refractivity contribution >= 4 is 44.2 Å². The zero-order chi connectivity index (χ0) is 31.0. The van der Waals surface area contributed by atoms with Gasteiger partial charge in [0.2, 0.25) is 11.8 Å². The minimum Gasteiger partial charge on any atom is -0.465 e. The number of amides is 2. The summed E-state index contributed by atoms with van der Waals surface area (Å²) in [5.74, 6) is -2.23. The van der Waals surface area contributed by atoms with Crippen LogP contribution in [-0.4, -0.2) is 78.5 Å². The molecule has 43 heavy (non-hydrogen) atoms. The van der Waals surface area contributed by atoms with Crippen LogP contribution in [0.4, 0.5) is 5.69 Å². The maximum atomic E-state index is 14.0. The third-order valence-electron chi connectivity index (χ3n) is 8.49. The number of carbonyl (C=O) groups is 3. The fourth-order valence-electron chi connectivity index (χ4n) is 6.29. The first-order valence-corrected chi connectivity index (χ1v) is 16.2. The summed E-state index contributed by atoms with van der Waals surface area (Å²) in [4.78, 5) is 44.1. The molecule has 1 fully saturated rings. The number of carbonyl (C=O) groups excluding carboxylic acids is 3. The number of H-pyrrole nitrogens is 1. The number of nitrogens with two attached hydrogens (primary N) is 1. The number of benzene rings is 2. The molecule has 1 unspecified atom stereocenters. The molecular weight excluding hydrogens is 570 g/mol. The van der Waals surface area contributed by atoms with E-state index in [1.165, 1.54) is 0 Å². The number of piperidine rings is 1. The second-order valence-electron chi connectivity index (χ2n) is 12.0. The van der Waals surface area contributed by atoms with Crippen LogP contribution in [0.5, 0.6) is 0 Å². The van der Waals surface area contributed by atoms with Crippen LogP contribution in [0.3, 0.4) is 0 Å². The predicted octanol–water partition coefficient (Wildman–Crippen LogP) is 2.22. The summed E-state index contributed by atoms with van der Waals surface area (Å²) >= 11 is 0. The lowest BCUT2D eigenvalue weighted by Crippen LogP contribution is -2.59. The van der Waals surface area contributed by atoms with Crippen molar-refractivity contribution in [2.45, 2.75) is 62.4 Å². The fraction of sp³-hybridized carbons (Fsp3) is 0.452. The van der Waals surface area contributed by atoms with Gasteiger partial charge in [-0.3, -0.25) is 14.4 Å². The maximum absolute atomic E-state index is 14.0. The van der Waals surface area contributed by atoms with Gasteiger partial charge in [-0.2, -0.15) is 0 Å². The molecule has 3 aromatic rings. The molecule has 0 aliphatic carbocycles. The standard InChI is InChI=1S/C31H39N5O6S/c1-4-42-26(37)19-43(40,41)29-31(22-10-6-8-12-24(22)35-29)13-15-36(16-14-31)27(38)25(34-28(39)30(2,3)32)17-20-18-33-23-11-7-5-9-21(20)23/h5-12,18,25,29,33,35H,4,13-17,19,32H2,1-3H3,(H,34,39)/t25-,29?/m1/s1. The van der Waals surface area contributed by atoms with Gasteiger partial charge in [-0.05, 0) is 56.9 Å². The Labute approximate surface area is 251 Å². The van der Waals surface area contributed by atoms with Gasteiger partial charge in [0.25, 0.3) is 0 Å². The number of anilines is 1. The second kappa shape index (κ2) is 11.6. The number of ether oxygens (including phenoxy) is 1. The van der Waals surface area contributed by atoms with Crippen LogP contribution in [0.15, 0.2) is 54.7 Å². The van der Waals surface area contributed by atoms with Crippen molar-refractivity contribution in [2.75, 3.05) is 30.8 Å². The topological polar surface area (TPSA) is 164 Å². The van der Waals surface area contributed by atoms with Gasteiger partial charge in [-0.1, -0.05) is 36.4 Å². The van der Waals surface area contributed by atoms with Gasteiger partial charge in [0, 0.05) is 47.7 Å². The van der Waals surface area contributed by atoms with Crippen LogP contribution >= 0.6 is 0 Å². The number of nitrogens with one attached hydrogen (secondary N) is 3. The first-order valence-electron chi connectivity index (χ1n) is 14.5. The normalized spacial score (nSPS) is 18.6. The van der Waals surface area contributed by atoms with Gasteiger partial charge in [0.1, 0.15) is 17.2 Å². The zero-order valence-electron chi connectivity index (χ0n) is 24.7. The molecule has 1 saturated heterocycles. The van der Waals surface area contributed by atoms with Gasteiger partial charge in [0.05, 0.1) is 12.1 Å². The molecule has 5 rings (SSSR count). The summed E-state index contributed by atoms with van der Waals surface area (Å²) in [6.07, 6.45) is 2.81. The number of hydrogen-bond acceptors (Lipinski definition) is 8. The number of esters is 1. The van der Waals surface area contributed by atoms with E-state index in [1.807, 2.05) is 54.7 Å². The van der Waals surface area contributed by atoms with E-state index in [9.17, 15) is 22.8 Å². The van der Waals surface area contributed by atoms with Gasteiger partial charge >= 0.3 is 5.97 Å². The van der Waals surface area contributed by atoms with Crippen molar-refractivity contribution < 1.29 is 27.5 Å². The van der Waals surface area contributed by atoms with Crippen LogP contribution in [0.25, 0.3) is 10.9 Å². The number of sulfone groups is 1. The molecule has 12 heteroatoms. The molecule has 230 valence electrons. The summed E-state index contributed by atoms with van der Waals surface area (Å²) in [5.41, 5.74) is 7.40. The summed E-state index contributed by atoms with van der Waals surface area (Å²) in [7, 11) is -3.96. The first-order chi connectivity index (χ1) is 20.4. The number of hydrogen-bond donors (Lipinski definition) is 4. The molecule has 11 nitrogen and oxygen atoms in total. The van der Waals surface area contributed by atoms with Gasteiger partial charge < -0.3 is 31.0 Å². The molecule has 2 atom stereocenters. The number of para-hydroxylation sites is 2. The monoisotopic (exact) mass is 609 g/mol. The Morgan fingerprint density at radius 3 is 2.49 bits per heavy atom. The molecule has 0 bridgehead atoms. The van der Waals surface area contributed by atoms with Crippen molar-refractivity contribution in [3.05, 3.63) is 65.9 Å². The molecule has 5 N–H and O–H groups in total. The van der Waals surface area contributed by atoms with E-state index in [1.54, 1.807) is 25.7 Å². The molecule has 2 aromatic carbocycles. The van der Waals surface area contributed by atoms with E-state index in [2.05, 4.69) is 15.6 Å². The Balaban J connectivity index is 1.40. The summed E-state index contributed by atoms with van der Waals surface area (Å²) in [6, 6.07) is 14.3. The smallest absolute Gasteiger partial charge is 0.321 e. The highest BCUT2D eigenvalue weighted by Gasteiger charge is 2.55. The van der Waals surface area contributed by atoms with E-state index in [0.717, 1.165) is 22.0 Å². The Bertz CT molecular complexity index is 1640. The van der Waals surface area contributed by atoms with E-state index >= 15 is 0 Å². The molecule has 2 amide bonds. The highest BCUT2D eigenvalue weighted by atomic mass is 32.2. The van der Waals surface area contributed by atoms with Crippen LogP contribution in [0, 0.1) is 0 Å². The average Bonchev–Trinajstić information content (AvgIpc) is 3.52. The van der Waals surface area contributed by atoms with Crippen molar-refractivity contribution in [2.24, 2.45) is 5.73 Å². The van der Waals surface area contributed by atoms with E-state index < -0.39 is 49.8 Å². The Hall–Kier alpha value is -3.90.